The number of anilines is 2. The summed E-state index contributed by atoms with van der Waals surface area (Å²) in [7, 11) is 0. The lowest BCUT2D eigenvalue weighted by molar-refractivity contribution is 0.102. The molecule has 4 aromatic rings. The van der Waals surface area contributed by atoms with E-state index in [1.54, 1.807) is 41.1 Å². The minimum Gasteiger partial charge on any atom is -0.324 e. The summed E-state index contributed by atoms with van der Waals surface area (Å²) in [5.41, 5.74) is 4.21. The molecule has 0 spiro atoms. The van der Waals surface area contributed by atoms with Crippen LogP contribution in [-0.2, 0) is 0 Å². The zero-order chi connectivity index (χ0) is 22.9. The van der Waals surface area contributed by atoms with Crippen molar-refractivity contribution in [2.75, 3.05) is 10.6 Å². The summed E-state index contributed by atoms with van der Waals surface area (Å²) < 4.78 is 15.2. The van der Waals surface area contributed by atoms with Crippen LogP contribution in [0.3, 0.4) is 0 Å². The molecular weight excluding hydrogens is 441 g/mol. The van der Waals surface area contributed by atoms with Gasteiger partial charge in [-0.25, -0.2) is 9.07 Å². The van der Waals surface area contributed by atoms with Crippen molar-refractivity contribution in [1.29, 1.82) is 0 Å². The highest BCUT2D eigenvalue weighted by molar-refractivity contribution is 6.31. The predicted octanol–water partition coefficient (Wildman–Crippen LogP) is 5.69. The number of benzene rings is 3. The molecule has 1 aliphatic rings. The van der Waals surface area contributed by atoms with Gasteiger partial charge in [-0.3, -0.25) is 10.1 Å². The number of carbonyl (C=O) groups excluding carboxylic acids is 1. The van der Waals surface area contributed by atoms with Gasteiger partial charge in [-0.1, -0.05) is 59.6 Å². The molecule has 164 valence electrons. The molecule has 5 rings (SSSR count). The Balaban J connectivity index is 1.51. The van der Waals surface area contributed by atoms with Crippen molar-refractivity contribution in [3.8, 4) is 0 Å². The summed E-state index contributed by atoms with van der Waals surface area (Å²) in [6, 6.07) is 20.6. The molecule has 0 fully saturated rings. The molecule has 2 N–H and O–H groups in total. The largest absolute Gasteiger partial charge is 0.324 e. The van der Waals surface area contributed by atoms with Crippen molar-refractivity contribution in [3.63, 3.8) is 0 Å². The lowest BCUT2D eigenvalue weighted by Gasteiger charge is -2.24. The van der Waals surface area contributed by atoms with Crippen molar-refractivity contribution < 1.29 is 9.18 Å². The van der Waals surface area contributed by atoms with Crippen molar-refractivity contribution >= 4 is 35.1 Å². The predicted molar refractivity (Wildman–Crippen MR) is 127 cm³/mol. The van der Waals surface area contributed by atoms with Crippen molar-refractivity contribution in [2.24, 2.45) is 0 Å². The molecule has 1 atom stereocenters. The highest BCUT2D eigenvalue weighted by Crippen LogP contribution is 2.33. The number of amides is 1. The first kappa shape index (κ1) is 20.9. The van der Waals surface area contributed by atoms with Crippen LogP contribution < -0.4 is 10.6 Å². The number of nitrogens with zero attached hydrogens (tertiary/aromatic N) is 3. The summed E-state index contributed by atoms with van der Waals surface area (Å²) >= 11 is 6.00. The highest BCUT2D eigenvalue weighted by atomic mass is 35.5. The smallest absolute Gasteiger partial charge is 0.258 e. The number of allylic oxidation sites excluding steroid dienone is 1. The first-order chi connectivity index (χ1) is 16.0. The van der Waals surface area contributed by atoms with Gasteiger partial charge >= 0.3 is 0 Å². The van der Waals surface area contributed by atoms with Gasteiger partial charge in [0.05, 0.1) is 0 Å². The molecule has 2 heterocycles. The topological polar surface area (TPSA) is 71.8 Å². The molecule has 0 saturated carbocycles. The fourth-order valence-corrected chi connectivity index (χ4v) is 3.84. The average molecular weight is 460 g/mol. The zero-order valence-electron chi connectivity index (χ0n) is 17.6. The SMILES string of the molecule is Cc1ccc(C2=C[C@@H](c3ccc(F)cc3)n3nc(NC(=O)c4cccc(Cl)c4)nc3N2)cc1. The van der Waals surface area contributed by atoms with E-state index in [4.69, 9.17) is 11.6 Å². The molecule has 3 aromatic carbocycles. The van der Waals surface area contributed by atoms with E-state index in [0.717, 1.165) is 22.4 Å². The molecule has 0 unspecified atom stereocenters. The average Bonchev–Trinajstić information content (AvgIpc) is 3.22. The second kappa shape index (κ2) is 8.52. The first-order valence-corrected chi connectivity index (χ1v) is 10.7. The fourth-order valence-electron chi connectivity index (χ4n) is 3.65. The Bertz CT molecular complexity index is 1360. The van der Waals surface area contributed by atoms with Gasteiger partial charge in [0.1, 0.15) is 11.9 Å². The lowest BCUT2D eigenvalue weighted by Crippen LogP contribution is -2.20. The van der Waals surface area contributed by atoms with Crippen molar-refractivity contribution in [2.45, 2.75) is 13.0 Å². The van der Waals surface area contributed by atoms with Crippen LogP contribution in [-0.4, -0.2) is 20.7 Å². The normalized spacial score (nSPS) is 14.8. The van der Waals surface area contributed by atoms with E-state index in [-0.39, 0.29) is 23.7 Å². The van der Waals surface area contributed by atoms with Gasteiger partial charge in [-0.05, 0) is 54.5 Å². The number of carbonyl (C=O) groups is 1. The number of rotatable bonds is 4. The summed E-state index contributed by atoms with van der Waals surface area (Å²) in [5.74, 6) is -0.0776. The lowest BCUT2D eigenvalue weighted by atomic mass is 10.0. The molecule has 0 radical (unpaired) electrons. The highest BCUT2D eigenvalue weighted by Gasteiger charge is 2.26. The van der Waals surface area contributed by atoms with Gasteiger partial charge in [0.2, 0.25) is 5.95 Å². The van der Waals surface area contributed by atoms with E-state index in [2.05, 4.69) is 20.7 Å². The van der Waals surface area contributed by atoms with Gasteiger partial charge in [0.15, 0.2) is 0 Å². The molecule has 1 amide bonds. The summed E-state index contributed by atoms with van der Waals surface area (Å²) in [6.45, 7) is 2.03. The second-order valence-electron chi connectivity index (χ2n) is 7.74. The molecule has 0 saturated heterocycles. The molecule has 1 aromatic heterocycles. The standard InChI is InChI=1S/C25H19ClFN5O/c1-15-5-7-16(8-6-15)21-14-22(17-9-11-20(27)12-10-17)32-25(28-21)30-24(31-32)29-23(33)18-3-2-4-19(26)13-18/h2-14,22H,1H3,(H2,28,29,30,31,33)/t22-/m0/s1. The van der Waals surface area contributed by atoms with E-state index in [1.165, 1.54) is 12.1 Å². The van der Waals surface area contributed by atoms with Gasteiger partial charge < -0.3 is 5.32 Å². The number of hydrogen-bond acceptors (Lipinski definition) is 4. The number of halogens is 2. The van der Waals surface area contributed by atoms with Crippen LogP contribution >= 0.6 is 11.6 Å². The molecular formula is C25H19ClFN5O. The van der Waals surface area contributed by atoms with Crippen LogP contribution in [0, 0.1) is 12.7 Å². The minimum atomic E-state index is -0.370. The van der Waals surface area contributed by atoms with E-state index in [0.29, 0.717) is 16.5 Å². The summed E-state index contributed by atoms with van der Waals surface area (Å²) in [6.07, 6.45) is 2.00. The van der Waals surface area contributed by atoms with Crippen LogP contribution in [0.5, 0.6) is 0 Å². The maximum Gasteiger partial charge on any atom is 0.258 e. The monoisotopic (exact) mass is 459 g/mol. The van der Waals surface area contributed by atoms with Crippen LogP contribution in [0.25, 0.3) is 5.70 Å². The third-order valence-electron chi connectivity index (χ3n) is 5.35. The Morgan fingerprint density at radius 2 is 1.85 bits per heavy atom. The molecule has 1 aliphatic heterocycles. The van der Waals surface area contributed by atoms with Gasteiger partial charge in [0.25, 0.3) is 11.9 Å². The Morgan fingerprint density at radius 1 is 1.09 bits per heavy atom. The van der Waals surface area contributed by atoms with Crippen molar-refractivity contribution in [1.82, 2.24) is 14.8 Å². The zero-order valence-corrected chi connectivity index (χ0v) is 18.3. The van der Waals surface area contributed by atoms with Crippen LogP contribution in [0.1, 0.15) is 33.1 Å². The third-order valence-corrected chi connectivity index (χ3v) is 5.59. The second-order valence-corrected chi connectivity index (χ2v) is 8.17. The molecule has 0 aliphatic carbocycles. The van der Waals surface area contributed by atoms with Crippen molar-refractivity contribution in [3.05, 3.63) is 112 Å². The Hall–Kier alpha value is -3.97. The van der Waals surface area contributed by atoms with Crippen LogP contribution in [0.4, 0.5) is 16.3 Å². The Labute approximate surface area is 194 Å². The number of hydrogen-bond donors (Lipinski definition) is 2. The molecule has 6 nitrogen and oxygen atoms in total. The Morgan fingerprint density at radius 3 is 2.58 bits per heavy atom. The van der Waals surface area contributed by atoms with E-state index in [9.17, 15) is 9.18 Å². The van der Waals surface area contributed by atoms with Gasteiger partial charge in [-0.2, -0.15) is 4.98 Å². The van der Waals surface area contributed by atoms with E-state index >= 15 is 0 Å². The van der Waals surface area contributed by atoms with E-state index < -0.39 is 0 Å². The summed E-state index contributed by atoms with van der Waals surface area (Å²) in [5, 5.41) is 11.0. The first-order valence-electron chi connectivity index (χ1n) is 10.3. The molecule has 0 bridgehead atoms. The number of aryl methyl sites for hydroxylation is 1. The third kappa shape index (κ3) is 4.36. The number of fused-ring (bicyclic) bond motifs is 1. The van der Waals surface area contributed by atoms with Crippen LogP contribution in [0.15, 0.2) is 78.9 Å². The maximum absolute atomic E-state index is 13.5. The number of nitrogens with one attached hydrogen (secondary N) is 2. The summed E-state index contributed by atoms with van der Waals surface area (Å²) in [4.78, 5) is 17.1. The number of aromatic nitrogens is 3. The van der Waals surface area contributed by atoms with Gasteiger partial charge in [-0.15, -0.1) is 5.10 Å². The maximum atomic E-state index is 13.5. The Kier molecular flexibility index (Phi) is 5.40. The van der Waals surface area contributed by atoms with Gasteiger partial charge in [0, 0.05) is 16.3 Å². The quantitative estimate of drug-likeness (QED) is 0.411. The fraction of sp³-hybridized carbons (Fsp3) is 0.0800. The molecule has 33 heavy (non-hydrogen) atoms. The van der Waals surface area contributed by atoms with Crippen LogP contribution in [0.2, 0.25) is 5.02 Å². The minimum absolute atomic E-state index is 0.146. The van der Waals surface area contributed by atoms with E-state index in [1.807, 2.05) is 37.3 Å². The molecule has 8 heteroatoms.